The summed E-state index contributed by atoms with van der Waals surface area (Å²) in [6.07, 6.45) is 7.76. The van der Waals surface area contributed by atoms with Crippen LogP contribution in [0.2, 0.25) is 0 Å². The number of rotatable bonds is 5. The molecule has 2 N–H and O–H groups in total. The summed E-state index contributed by atoms with van der Waals surface area (Å²) in [6.45, 7) is 6.07. The smallest absolute Gasteiger partial charge is 0.159 e. The van der Waals surface area contributed by atoms with Crippen molar-refractivity contribution < 1.29 is 4.74 Å². The van der Waals surface area contributed by atoms with Gasteiger partial charge in [-0.15, -0.1) is 0 Å². The van der Waals surface area contributed by atoms with E-state index in [1.807, 2.05) is 36.6 Å². The van der Waals surface area contributed by atoms with E-state index in [0.717, 1.165) is 47.9 Å². The number of anilines is 1. The molecule has 0 spiro atoms. The number of nitrogens with one attached hydrogen (secondary N) is 2. The van der Waals surface area contributed by atoms with Crippen molar-refractivity contribution in [3.05, 3.63) is 36.9 Å². The lowest BCUT2D eigenvalue weighted by molar-refractivity contribution is 0.242. The molecule has 7 heteroatoms. The highest BCUT2D eigenvalue weighted by atomic mass is 16.5. The van der Waals surface area contributed by atoms with E-state index in [4.69, 9.17) is 9.72 Å². The number of hydrogen-bond acceptors (Lipinski definition) is 6. The highest BCUT2D eigenvalue weighted by molar-refractivity contribution is 5.78. The molecule has 0 amide bonds. The van der Waals surface area contributed by atoms with Crippen LogP contribution in [-0.4, -0.2) is 44.8 Å². The van der Waals surface area contributed by atoms with Gasteiger partial charge in [-0.1, -0.05) is 0 Å². The first-order valence-corrected chi connectivity index (χ1v) is 9.12. The number of benzene rings is 1. The zero-order chi connectivity index (χ0) is 17.9. The monoisotopic (exact) mass is 352 g/mol. The van der Waals surface area contributed by atoms with Crippen molar-refractivity contribution in [2.24, 2.45) is 0 Å². The summed E-state index contributed by atoms with van der Waals surface area (Å²) in [5, 5.41) is 6.87. The molecule has 0 radical (unpaired) electrons. The van der Waals surface area contributed by atoms with Gasteiger partial charge in [0.25, 0.3) is 0 Å². The van der Waals surface area contributed by atoms with Crippen molar-refractivity contribution in [2.75, 3.05) is 18.4 Å². The zero-order valence-electron chi connectivity index (χ0n) is 15.1. The summed E-state index contributed by atoms with van der Waals surface area (Å²) in [6, 6.07) is 6.31. The second kappa shape index (κ2) is 7.29. The summed E-state index contributed by atoms with van der Waals surface area (Å²) in [5.74, 6) is 2.36. The maximum atomic E-state index is 5.75. The number of fused-ring (bicyclic) bond motifs is 1. The zero-order valence-corrected chi connectivity index (χ0v) is 15.1. The number of aromatic nitrogens is 4. The Hall–Kier alpha value is -2.67. The number of imidazole rings is 1. The fourth-order valence-electron chi connectivity index (χ4n) is 3.25. The molecule has 0 unspecified atom stereocenters. The molecule has 0 aliphatic carbocycles. The lowest BCUT2D eigenvalue weighted by Crippen LogP contribution is -2.38. The highest BCUT2D eigenvalue weighted by Crippen LogP contribution is 2.23. The number of ether oxygens (including phenoxy) is 1. The van der Waals surface area contributed by atoms with Gasteiger partial charge in [0.1, 0.15) is 17.9 Å². The molecule has 1 aliphatic heterocycles. The summed E-state index contributed by atoms with van der Waals surface area (Å²) >= 11 is 0. The van der Waals surface area contributed by atoms with Crippen LogP contribution < -0.4 is 15.4 Å². The first-order chi connectivity index (χ1) is 12.7. The van der Waals surface area contributed by atoms with E-state index in [1.165, 1.54) is 6.42 Å². The van der Waals surface area contributed by atoms with Crippen LogP contribution in [0.5, 0.6) is 5.75 Å². The van der Waals surface area contributed by atoms with Crippen molar-refractivity contribution in [1.29, 1.82) is 0 Å². The standard InChI is InChI=1S/C19H24N6O/c1-13(2)26-15-5-6-17-16(8-15)22-12-25(17)19-11-21-10-18(24-19)23-14-4-3-7-20-9-14/h5-6,8,10-14,20H,3-4,7,9H2,1-2H3,(H,23,24)/t14-/m1/s1. The van der Waals surface area contributed by atoms with Gasteiger partial charge in [-0.3, -0.25) is 9.55 Å². The van der Waals surface area contributed by atoms with Gasteiger partial charge in [0.2, 0.25) is 0 Å². The number of hydrogen-bond donors (Lipinski definition) is 2. The van der Waals surface area contributed by atoms with E-state index in [9.17, 15) is 0 Å². The minimum atomic E-state index is 0.137. The normalized spacial score (nSPS) is 17.6. The van der Waals surface area contributed by atoms with Crippen LogP contribution in [0.1, 0.15) is 26.7 Å². The van der Waals surface area contributed by atoms with Crippen molar-refractivity contribution in [3.8, 4) is 11.6 Å². The van der Waals surface area contributed by atoms with Gasteiger partial charge in [0.05, 0.1) is 29.5 Å². The van der Waals surface area contributed by atoms with Gasteiger partial charge in [-0.25, -0.2) is 9.97 Å². The van der Waals surface area contributed by atoms with Crippen LogP contribution in [0.15, 0.2) is 36.9 Å². The van der Waals surface area contributed by atoms with Gasteiger partial charge in [0, 0.05) is 18.7 Å². The Morgan fingerprint density at radius 2 is 2.23 bits per heavy atom. The van der Waals surface area contributed by atoms with Crippen molar-refractivity contribution in [2.45, 2.75) is 38.8 Å². The minimum absolute atomic E-state index is 0.137. The number of nitrogens with zero attached hydrogens (tertiary/aromatic N) is 4. The summed E-state index contributed by atoms with van der Waals surface area (Å²) in [5.41, 5.74) is 1.85. The number of piperidine rings is 1. The Bertz CT molecular complexity index is 885. The Morgan fingerprint density at radius 3 is 3.04 bits per heavy atom. The molecule has 136 valence electrons. The minimum Gasteiger partial charge on any atom is -0.491 e. The van der Waals surface area contributed by atoms with Crippen LogP contribution in [0.3, 0.4) is 0 Å². The largest absolute Gasteiger partial charge is 0.491 e. The van der Waals surface area contributed by atoms with Crippen molar-refractivity contribution in [1.82, 2.24) is 24.8 Å². The molecule has 3 heterocycles. The maximum absolute atomic E-state index is 5.75. The molecule has 1 atom stereocenters. The Balaban J connectivity index is 1.59. The lowest BCUT2D eigenvalue weighted by atomic mass is 10.1. The second-order valence-corrected chi connectivity index (χ2v) is 6.88. The van der Waals surface area contributed by atoms with E-state index in [-0.39, 0.29) is 6.10 Å². The Kier molecular flexibility index (Phi) is 4.71. The molecule has 0 saturated carbocycles. The van der Waals surface area contributed by atoms with E-state index in [1.54, 1.807) is 18.7 Å². The van der Waals surface area contributed by atoms with E-state index in [2.05, 4.69) is 20.6 Å². The molecule has 4 rings (SSSR count). The van der Waals surface area contributed by atoms with Crippen LogP contribution in [0, 0.1) is 0 Å². The Morgan fingerprint density at radius 1 is 1.31 bits per heavy atom. The molecule has 1 saturated heterocycles. The van der Waals surface area contributed by atoms with E-state index < -0.39 is 0 Å². The van der Waals surface area contributed by atoms with Crippen LogP contribution in [-0.2, 0) is 0 Å². The summed E-state index contributed by atoms with van der Waals surface area (Å²) in [4.78, 5) is 13.6. The van der Waals surface area contributed by atoms with Crippen molar-refractivity contribution >= 4 is 16.9 Å². The molecular formula is C19H24N6O. The molecule has 1 aromatic carbocycles. The van der Waals surface area contributed by atoms with Crippen LogP contribution in [0.4, 0.5) is 5.82 Å². The predicted octanol–water partition coefficient (Wildman–Crippen LogP) is 2.77. The van der Waals surface area contributed by atoms with Gasteiger partial charge in [0.15, 0.2) is 5.82 Å². The topological polar surface area (TPSA) is 76.9 Å². The van der Waals surface area contributed by atoms with Gasteiger partial charge in [-0.2, -0.15) is 0 Å². The molecular weight excluding hydrogens is 328 g/mol. The van der Waals surface area contributed by atoms with Gasteiger partial charge in [-0.05, 0) is 45.4 Å². The van der Waals surface area contributed by atoms with Crippen LogP contribution >= 0.6 is 0 Å². The van der Waals surface area contributed by atoms with Gasteiger partial charge < -0.3 is 15.4 Å². The summed E-state index contributed by atoms with van der Waals surface area (Å²) in [7, 11) is 0. The molecule has 1 aliphatic rings. The molecule has 7 nitrogen and oxygen atoms in total. The third-order valence-electron chi connectivity index (χ3n) is 4.41. The average molecular weight is 352 g/mol. The maximum Gasteiger partial charge on any atom is 0.159 e. The first kappa shape index (κ1) is 16.8. The van der Waals surface area contributed by atoms with Crippen molar-refractivity contribution in [3.63, 3.8) is 0 Å². The van der Waals surface area contributed by atoms with Crippen LogP contribution in [0.25, 0.3) is 16.9 Å². The lowest BCUT2D eigenvalue weighted by Gasteiger charge is -2.24. The highest BCUT2D eigenvalue weighted by Gasteiger charge is 2.14. The third kappa shape index (κ3) is 3.62. The fourth-order valence-corrected chi connectivity index (χ4v) is 3.25. The Labute approximate surface area is 152 Å². The average Bonchev–Trinajstić information content (AvgIpc) is 3.05. The second-order valence-electron chi connectivity index (χ2n) is 6.88. The third-order valence-corrected chi connectivity index (χ3v) is 4.41. The van der Waals surface area contributed by atoms with E-state index >= 15 is 0 Å². The molecule has 2 aromatic heterocycles. The first-order valence-electron chi connectivity index (χ1n) is 9.12. The molecule has 26 heavy (non-hydrogen) atoms. The molecule has 3 aromatic rings. The van der Waals surface area contributed by atoms with Gasteiger partial charge >= 0.3 is 0 Å². The quantitative estimate of drug-likeness (QED) is 0.735. The SMILES string of the molecule is CC(C)Oc1ccc2c(c1)ncn2-c1cncc(N[C@@H]2CCCNC2)n1. The molecule has 0 bridgehead atoms. The predicted molar refractivity (Wildman–Crippen MR) is 102 cm³/mol. The fraction of sp³-hybridized carbons (Fsp3) is 0.421. The molecule has 1 fully saturated rings. The van der Waals surface area contributed by atoms with E-state index in [0.29, 0.717) is 6.04 Å². The summed E-state index contributed by atoms with van der Waals surface area (Å²) < 4.78 is 7.70.